The molecule has 0 radical (unpaired) electrons. The lowest BCUT2D eigenvalue weighted by Crippen LogP contribution is -2.17. The second-order valence-corrected chi connectivity index (χ2v) is 7.25. The van der Waals surface area contributed by atoms with Crippen molar-refractivity contribution in [2.75, 3.05) is 11.9 Å². The third kappa shape index (κ3) is 5.42. The summed E-state index contributed by atoms with van der Waals surface area (Å²) in [6.07, 6.45) is 9.80. The lowest BCUT2D eigenvalue weighted by Gasteiger charge is -2.12. The van der Waals surface area contributed by atoms with E-state index >= 15 is 0 Å². The van der Waals surface area contributed by atoms with Gasteiger partial charge in [0.25, 0.3) is 0 Å². The fourth-order valence-corrected chi connectivity index (χ4v) is 3.50. The van der Waals surface area contributed by atoms with Gasteiger partial charge in [0.05, 0.1) is 11.1 Å². The summed E-state index contributed by atoms with van der Waals surface area (Å²) in [5, 5.41) is 23.9. The van der Waals surface area contributed by atoms with Gasteiger partial charge in [0, 0.05) is 41.5 Å². The molecule has 30 heavy (non-hydrogen) atoms. The van der Waals surface area contributed by atoms with Crippen LogP contribution in [0.15, 0.2) is 36.7 Å². The lowest BCUT2D eigenvalue weighted by atomic mass is 10.1. The molecule has 4 N–H and O–H groups in total. The number of fused-ring (bicyclic) bond motifs is 3. The molecule has 0 fully saturated rings. The molecule has 8 nitrogen and oxygen atoms in total. The number of carboxylic acid groups (broad SMARTS) is 1. The predicted molar refractivity (Wildman–Crippen MR) is 115 cm³/mol. The largest absolute Gasteiger partial charge is 0.478 e. The van der Waals surface area contributed by atoms with Crippen LogP contribution in [0.25, 0.3) is 21.7 Å². The number of aromatic carboxylic acids is 1. The van der Waals surface area contributed by atoms with Crippen molar-refractivity contribution in [3.63, 3.8) is 0 Å². The van der Waals surface area contributed by atoms with E-state index in [-0.39, 0.29) is 11.5 Å². The average molecular weight is 410 g/mol. The summed E-state index contributed by atoms with van der Waals surface area (Å²) < 4.78 is 0. The molecule has 0 bridgehead atoms. The molecule has 0 atom stereocenters. The first-order valence-corrected chi connectivity index (χ1v) is 10.2. The molecule has 0 spiro atoms. The van der Waals surface area contributed by atoms with Crippen LogP contribution in [0.5, 0.6) is 0 Å². The van der Waals surface area contributed by atoms with Crippen molar-refractivity contribution >= 4 is 39.4 Å². The van der Waals surface area contributed by atoms with Gasteiger partial charge in [-0.1, -0.05) is 31.7 Å². The van der Waals surface area contributed by atoms with E-state index in [2.05, 4.69) is 15.3 Å². The second-order valence-electron chi connectivity index (χ2n) is 7.25. The van der Waals surface area contributed by atoms with Gasteiger partial charge in [-0.2, -0.15) is 0 Å². The molecule has 1 aromatic carbocycles. The maximum Gasteiger partial charge on any atom is 0.335 e. The maximum absolute atomic E-state index is 11.3. The van der Waals surface area contributed by atoms with E-state index < -0.39 is 5.97 Å². The van der Waals surface area contributed by atoms with Crippen LogP contribution in [0.2, 0.25) is 0 Å². The summed E-state index contributed by atoms with van der Waals surface area (Å²) in [5.74, 6) is -0.575. The quantitative estimate of drug-likeness (QED) is 0.162. The van der Waals surface area contributed by atoms with Crippen LogP contribution >= 0.6 is 0 Å². The van der Waals surface area contributed by atoms with E-state index in [4.69, 9.17) is 5.21 Å². The highest BCUT2D eigenvalue weighted by atomic mass is 16.5. The summed E-state index contributed by atoms with van der Waals surface area (Å²) in [6, 6.07) is 6.87. The number of hydrogen-bond acceptors (Lipinski definition) is 6. The van der Waals surface area contributed by atoms with Crippen molar-refractivity contribution in [2.45, 2.75) is 44.9 Å². The zero-order valence-corrected chi connectivity index (χ0v) is 16.7. The van der Waals surface area contributed by atoms with Gasteiger partial charge in [0.1, 0.15) is 5.82 Å². The number of anilines is 1. The number of amides is 1. The van der Waals surface area contributed by atoms with E-state index in [0.29, 0.717) is 11.9 Å². The zero-order valence-electron chi connectivity index (χ0n) is 16.7. The predicted octanol–water partition coefficient (Wildman–Crippen LogP) is 4.13. The Morgan fingerprint density at radius 3 is 2.47 bits per heavy atom. The second kappa shape index (κ2) is 10.5. The van der Waals surface area contributed by atoms with Gasteiger partial charge in [-0.15, -0.1) is 0 Å². The highest BCUT2D eigenvalue weighted by molar-refractivity contribution is 6.10. The molecular weight excluding hydrogens is 384 g/mol. The SMILES string of the molecule is O=C(CCCCCCCCNc1nc2cc(C(=O)O)ccc2c2cnccc12)NO. The van der Waals surface area contributed by atoms with E-state index in [9.17, 15) is 14.7 Å². The van der Waals surface area contributed by atoms with Crippen molar-refractivity contribution in [3.05, 3.63) is 42.2 Å². The van der Waals surface area contributed by atoms with Crippen LogP contribution in [0.1, 0.15) is 55.3 Å². The molecule has 3 rings (SSSR count). The number of carbonyl (C=O) groups is 2. The molecular formula is C22H26N4O4. The van der Waals surface area contributed by atoms with Crippen molar-refractivity contribution in [3.8, 4) is 0 Å². The molecule has 8 heteroatoms. The highest BCUT2D eigenvalue weighted by Crippen LogP contribution is 2.29. The Balaban J connectivity index is 1.57. The molecule has 0 unspecified atom stereocenters. The minimum atomic E-state index is -0.975. The van der Waals surface area contributed by atoms with Gasteiger partial charge >= 0.3 is 5.97 Å². The number of nitrogens with one attached hydrogen (secondary N) is 2. The van der Waals surface area contributed by atoms with E-state index in [1.54, 1.807) is 36.1 Å². The van der Waals surface area contributed by atoms with Crippen LogP contribution in [0.3, 0.4) is 0 Å². The average Bonchev–Trinajstić information content (AvgIpc) is 2.77. The molecule has 0 aliphatic carbocycles. The first-order valence-electron chi connectivity index (χ1n) is 10.2. The molecule has 2 heterocycles. The maximum atomic E-state index is 11.3. The number of carbonyl (C=O) groups excluding carboxylic acids is 1. The van der Waals surface area contributed by atoms with Gasteiger partial charge in [0.2, 0.25) is 5.91 Å². The number of nitrogens with zero attached hydrogens (tertiary/aromatic N) is 2. The first kappa shape index (κ1) is 21.4. The molecule has 0 saturated heterocycles. The molecule has 158 valence electrons. The van der Waals surface area contributed by atoms with E-state index in [1.807, 2.05) is 6.07 Å². The van der Waals surface area contributed by atoms with Crippen molar-refractivity contribution in [1.82, 2.24) is 15.4 Å². The minimum Gasteiger partial charge on any atom is -0.478 e. The smallest absolute Gasteiger partial charge is 0.335 e. The lowest BCUT2D eigenvalue weighted by molar-refractivity contribution is -0.129. The number of hydroxylamine groups is 1. The summed E-state index contributed by atoms with van der Waals surface area (Å²) >= 11 is 0. The Kier molecular flexibility index (Phi) is 7.51. The number of pyridine rings is 2. The number of hydrogen-bond donors (Lipinski definition) is 4. The Bertz CT molecular complexity index is 1040. The normalized spacial score (nSPS) is 11.0. The topological polar surface area (TPSA) is 124 Å². The molecule has 0 aliphatic rings. The van der Waals surface area contributed by atoms with Crippen molar-refractivity contribution in [1.29, 1.82) is 0 Å². The molecule has 0 saturated carbocycles. The van der Waals surface area contributed by atoms with Crippen LogP contribution in [0, 0.1) is 0 Å². The molecule has 2 aromatic heterocycles. The number of carboxylic acids is 1. The molecule has 3 aromatic rings. The summed E-state index contributed by atoms with van der Waals surface area (Å²) in [5.41, 5.74) is 2.48. The van der Waals surface area contributed by atoms with Gasteiger partial charge in [0.15, 0.2) is 0 Å². The van der Waals surface area contributed by atoms with Crippen molar-refractivity contribution < 1.29 is 19.9 Å². The standard InChI is InChI=1S/C22H26N4O4/c27-20(26-30)7-5-3-1-2-4-6-11-24-21-17-10-12-23-14-18(17)16-9-8-15(22(28)29)13-19(16)25-21/h8-10,12-14,30H,1-7,11H2,(H,24,25)(H,26,27)(H,28,29). The van der Waals surface area contributed by atoms with Gasteiger partial charge in [-0.05, 0) is 31.0 Å². The van der Waals surface area contributed by atoms with E-state index in [0.717, 1.165) is 67.0 Å². The van der Waals surface area contributed by atoms with Crippen LogP contribution in [0.4, 0.5) is 5.82 Å². The monoisotopic (exact) mass is 410 g/mol. The van der Waals surface area contributed by atoms with Crippen LogP contribution < -0.4 is 10.8 Å². The number of benzene rings is 1. The Morgan fingerprint density at radius 2 is 1.70 bits per heavy atom. The fraction of sp³-hybridized carbons (Fsp3) is 0.364. The minimum absolute atomic E-state index is 0.209. The Morgan fingerprint density at radius 1 is 0.933 bits per heavy atom. The van der Waals surface area contributed by atoms with Gasteiger partial charge in [-0.3, -0.25) is 15.0 Å². The zero-order chi connectivity index (χ0) is 21.3. The summed E-state index contributed by atoms with van der Waals surface area (Å²) in [6.45, 7) is 0.765. The van der Waals surface area contributed by atoms with Gasteiger partial charge < -0.3 is 10.4 Å². The van der Waals surface area contributed by atoms with Gasteiger partial charge in [-0.25, -0.2) is 15.3 Å². The van der Waals surface area contributed by atoms with Crippen molar-refractivity contribution in [2.24, 2.45) is 0 Å². The summed E-state index contributed by atoms with van der Waals surface area (Å²) in [4.78, 5) is 31.1. The number of rotatable bonds is 11. The van der Waals surface area contributed by atoms with Crippen LogP contribution in [-0.4, -0.2) is 38.7 Å². The molecule has 1 amide bonds. The Labute approximate surface area is 174 Å². The summed E-state index contributed by atoms with van der Waals surface area (Å²) in [7, 11) is 0. The van der Waals surface area contributed by atoms with Crippen LogP contribution in [-0.2, 0) is 4.79 Å². The van der Waals surface area contributed by atoms with E-state index in [1.165, 1.54) is 0 Å². The Hall–Kier alpha value is -3.26. The highest BCUT2D eigenvalue weighted by Gasteiger charge is 2.11. The number of unbranched alkanes of at least 4 members (excludes halogenated alkanes) is 5. The molecule has 0 aliphatic heterocycles. The number of aromatic nitrogens is 2. The first-order chi connectivity index (χ1) is 14.6. The third-order valence-electron chi connectivity index (χ3n) is 5.09. The third-order valence-corrected chi connectivity index (χ3v) is 5.09. The fourth-order valence-electron chi connectivity index (χ4n) is 3.50.